The Balaban J connectivity index is 1.52. The van der Waals surface area contributed by atoms with E-state index >= 15 is 0 Å². The number of halogens is 3. The third-order valence-electron chi connectivity index (χ3n) is 7.62. The van der Waals surface area contributed by atoms with Gasteiger partial charge in [-0.3, -0.25) is 19.3 Å². The van der Waals surface area contributed by atoms with Gasteiger partial charge in [0.1, 0.15) is 5.92 Å². The third kappa shape index (κ3) is 4.77. The average Bonchev–Trinajstić information content (AvgIpc) is 3.64. The lowest BCUT2D eigenvalue weighted by Crippen LogP contribution is -2.46. The van der Waals surface area contributed by atoms with Crippen LogP contribution in [0.4, 0.5) is 18.9 Å². The Morgan fingerprint density at radius 1 is 1.05 bits per heavy atom. The van der Waals surface area contributed by atoms with Crippen LogP contribution in [-0.2, 0) is 25.3 Å². The zero-order valence-electron chi connectivity index (χ0n) is 21.8. The summed E-state index contributed by atoms with van der Waals surface area (Å²) in [5.74, 6) is -2.92. The van der Waals surface area contributed by atoms with Crippen molar-refractivity contribution in [2.24, 2.45) is 5.92 Å². The van der Waals surface area contributed by atoms with Crippen LogP contribution in [0, 0.1) is 5.92 Å². The molecule has 1 amide bonds. The summed E-state index contributed by atoms with van der Waals surface area (Å²) in [7, 11) is 0. The smallest absolute Gasteiger partial charge is 0.416 e. The van der Waals surface area contributed by atoms with Crippen molar-refractivity contribution in [3.63, 3.8) is 0 Å². The number of ketones is 1. The zero-order chi connectivity index (χ0) is 28.9. The molecule has 3 aliphatic rings. The predicted molar refractivity (Wildman–Crippen MR) is 143 cm³/mol. The Hall–Kier alpha value is -4.12. The summed E-state index contributed by atoms with van der Waals surface area (Å²) in [4.78, 5) is 43.5. The second-order valence-corrected chi connectivity index (χ2v) is 10.9. The maximum atomic E-state index is 14.4. The second kappa shape index (κ2) is 10.4. The van der Waals surface area contributed by atoms with Gasteiger partial charge in [-0.25, -0.2) is 0 Å². The monoisotopic (exact) mass is 583 g/mol. The molecule has 0 spiro atoms. The van der Waals surface area contributed by atoms with Crippen molar-refractivity contribution in [3.8, 4) is 11.5 Å². The maximum absolute atomic E-state index is 14.4. The highest BCUT2D eigenvalue weighted by Crippen LogP contribution is 2.51. The number of rotatable bonds is 5. The fourth-order valence-corrected chi connectivity index (χ4v) is 6.68. The van der Waals surface area contributed by atoms with E-state index in [1.54, 1.807) is 25.1 Å². The first-order valence-corrected chi connectivity index (χ1v) is 13.9. The third-order valence-corrected chi connectivity index (χ3v) is 8.63. The molecule has 41 heavy (non-hydrogen) atoms. The first-order valence-electron chi connectivity index (χ1n) is 13.0. The van der Waals surface area contributed by atoms with E-state index in [1.165, 1.54) is 28.4 Å². The number of anilines is 1. The van der Waals surface area contributed by atoms with Crippen molar-refractivity contribution in [1.82, 2.24) is 0 Å². The van der Waals surface area contributed by atoms with Gasteiger partial charge < -0.3 is 14.2 Å². The predicted octanol–water partition coefficient (Wildman–Crippen LogP) is 6.21. The summed E-state index contributed by atoms with van der Waals surface area (Å²) in [6.45, 7) is 1.80. The molecule has 2 aliphatic heterocycles. The molecule has 11 heteroatoms. The summed E-state index contributed by atoms with van der Waals surface area (Å²) >= 11 is 1.38. The number of amides is 1. The van der Waals surface area contributed by atoms with Crippen LogP contribution in [0.25, 0.3) is 0 Å². The number of thiophene rings is 1. The first-order chi connectivity index (χ1) is 19.7. The van der Waals surface area contributed by atoms with Gasteiger partial charge >= 0.3 is 12.1 Å². The standard InChI is InChI=1S/C30H24F3NO6S/c1-2-38-29(37)27-20(24-4-3-11-41-24)13-21-26(28(27)36)19(16-5-10-22-23(12-16)40-15-39-22)14-25(35)34(21)18-8-6-17(7-9-18)30(31,32)33/h3-12,19-20,27H,2,13-15H2,1H3. The number of esters is 1. The van der Waals surface area contributed by atoms with Crippen LogP contribution in [-0.4, -0.2) is 31.1 Å². The van der Waals surface area contributed by atoms with E-state index in [9.17, 15) is 27.6 Å². The maximum Gasteiger partial charge on any atom is 0.416 e. The van der Waals surface area contributed by atoms with Crippen molar-refractivity contribution in [3.05, 3.63) is 87.3 Å². The lowest BCUT2D eigenvalue weighted by atomic mass is 9.69. The molecule has 1 aromatic heterocycles. The first kappa shape index (κ1) is 27.1. The number of alkyl halides is 3. The van der Waals surface area contributed by atoms with Crippen LogP contribution in [0.3, 0.4) is 0 Å². The van der Waals surface area contributed by atoms with Crippen LogP contribution in [0.15, 0.2) is 71.2 Å². The summed E-state index contributed by atoms with van der Waals surface area (Å²) in [6, 6.07) is 13.1. The van der Waals surface area contributed by atoms with Crippen LogP contribution in [0.5, 0.6) is 11.5 Å². The SMILES string of the molecule is CCOC(=O)C1C(=O)C2=C(CC1c1cccs1)N(c1ccc(C(F)(F)F)cc1)C(=O)CC2c1ccc2c(c1)OCO2. The number of nitrogens with zero attached hydrogens (tertiary/aromatic N) is 1. The summed E-state index contributed by atoms with van der Waals surface area (Å²) < 4.78 is 56.1. The Morgan fingerprint density at radius 2 is 1.80 bits per heavy atom. The van der Waals surface area contributed by atoms with E-state index < -0.39 is 41.2 Å². The number of allylic oxidation sites excluding steroid dienone is 2. The van der Waals surface area contributed by atoms with Crippen LogP contribution < -0.4 is 14.4 Å². The number of Topliss-reactive ketones (excluding diaryl/α,β-unsaturated/α-hetero) is 1. The van der Waals surface area contributed by atoms with Crippen molar-refractivity contribution < 1.29 is 41.8 Å². The van der Waals surface area contributed by atoms with E-state index in [1.807, 2.05) is 17.5 Å². The fraction of sp³-hybridized carbons (Fsp3) is 0.300. The Bertz CT molecular complexity index is 1550. The van der Waals surface area contributed by atoms with Gasteiger partial charge in [0.2, 0.25) is 12.7 Å². The molecule has 7 nitrogen and oxygen atoms in total. The highest BCUT2D eigenvalue weighted by Gasteiger charge is 2.50. The minimum Gasteiger partial charge on any atom is -0.465 e. The van der Waals surface area contributed by atoms with Gasteiger partial charge in [0.25, 0.3) is 0 Å². The minimum absolute atomic E-state index is 0.0460. The van der Waals surface area contributed by atoms with Gasteiger partial charge in [0.05, 0.1) is 12.2 Å². The van der Waals surface area contributed by atoms with Gasteiger partial charge in [-0.2, -0.15) is 13.2 Å². The molecule has 6 rings (SSSR count). The number of hydrogen-bond donors (Lipinski definition) is 0. The molecule has 0 saturated heterocycles. The van der Waals surface area contributed by atoms with Gasteiger partial charge in [0.15, 0.2) is 17.3 Å². The number of fused-ring (bicyclic) bond motifs is 1. The molecule has 2 aromatic carbocycles. The number of hydrogen-bond acceptors (Lipinski definition) is 7. The van der Waals surface area contributed by atoms with Gasteiger partial charge in [-0.1, -0.05) is 12.1 Å². The average molecular weight is 584 g/mol. The van der Waals surface area contributed by atoms with Gasteiger partial charge in [-0.15, -0.1) is 11.3 Å². The molecule has 0 N–H and O–H groups in total. The number of ether oxygens (including phenoxy) is 3. The summed E-state index contributed by atoms with van der Waals surface area (Å²) in [5, 5.41) is 1.83. The lowest BCUT2D eigenvalue weighted by Gasteiger charge is -2.42. The highest BCUT2D eigenvalue weighted by atomic mass is 32.1. The Labute approximate surface area is 237 Å². The molecule has 0 saturated carbocycles. The molecule has 3 unspecified atom stereocenters. The topological polar surface area (TPSA) is 82.1 Å². The van der Waals surface area contributed by atoms with Crippen LogP contribution in [0.2, 0.25) is 0 Å². The summed E-state index contributed by atoms with van der Waals surface area (Å²) in [6.07, 6.45) is -4.54. The van der Waals surface area contributed by atoms with Crippen molar-refractivity contribution in [1.29, 1.82) is 0 Å². The van der Waals surface area contributed by atoms with E-state index in [4.69, 9.17) is 14.2 Å². The number of benzene rings is 2. The molecule has 0 radical (unpaired) electrons. The number of carbonyl (C=O) groups excluding carboxylic acids is 3. The van der Waals surface area contributed by atoms with Crippen molar-refractivity contribution in [2.75, 3.05) is 18.3 Å². The Kier molecular flexibility index (Phi) is 6.85. The second-order valence-electron chi connectivity index (χ2n) is 9.92. The molecule has 1 aliphatic carbocycles. The van der Waals surface area contributed by atoms with Crippen molar-refractivity contribution in [2.45, 2.75) is 37.8 Å². The molecule has 3 aromatic rings. The summed E-state index contributed by atoms with van der Waals surface area (Å²) in [5.41, 5.74) is 0.637. The normalized spacial score (nSPS) is 22.1. The molecule has 3 heterocycles. The molecule has 0 fully saturated rings. The highest BCUT2D eigenvalue weighted by molar-refractivity contribution is 7.10. The van der Waals surface area contributed by atoms with E-state index in [2.05, 4.69) is 0 Å². The fourth-order valence-electron chi connectivity index (χ4n) is 5.82. The molecule has 0 bridgehead atoms. The van der Waals surface area contributed by atoms with E-state index in [0.29, 0.717) is 22.8 Å². The minimum atomic E-state index is -4.54. The molecule has 3 atom stereocenters. The quantitative estimate of drug-likeness (QED) is 0.263. The molecular weight excluding hydrogens is 559 g/mol. The van der Waals surface area contributed by atoms with Crippen LogP contribution in [0.1, 0.15) is 47.6 Å². The van der Waals surface area contributed by atoms with Crippen LogP contribution >= 0.6 is 11.3 Å². The van der Waals surface area contributed by atoms with E-state index in [0.717, 1.165) is 17.0 Å². The van der Waals surface area contributed by atoms with Gasteiger partial charge in [0, 0.05) is 40.1 Å². The Morgan fingerprint density at radius 3 is 2.49 bits per heavy atom. The number of carbonyl (C=O) groups is 3. The van der Waals surface area contributed by atoms with E-state index in [-0.39, 0.29) is 43.4 Å². The van der Waals surface area contributed by atoms with Gasteiger partial charge in [-0.05, 0) is 66.8 Å². The molecule has 212 valence electrons. The zero-order valence-corrected chi connectivity index (χ0v) is 22.6. The molecular formula is C30H24F3NO6S. The lowest BCUT2D eigenvalue weighted by molar-refractivity contribution is -0.152. The van der Waals surface area contributed by atoms with Crippen molar-refractivity contribution >= 4 is 34.7 Å². The largest absolute Gasteiger partial charge is 0.465 e.